The van der Waals surface area contributed by atoms with Crippen LogP contribution in [-0.2, 0) is 5.33 Å². The molecule has 20 heavy (non-hydrogen) atoms. The first kappa shape index (κ1) is 15.3. The van der Waals surface area contributed by atoms with Crippen LogP contribution in [0.2, 0.25) is 0 Å². The minimum atomic E-state index is -0.372. The lowest BCUT2D eigenvalue weighted by molar-refractivity contribution is -0.386. The van der Waals surface area contributed by atoms with Gasteiger partial charge in [-0.1, -0.05) is 35.8 Å². The molecule has 0 heterocycles. The number of alkyl halides is 1. The molecule has 0 aromatic heterocycles. The number of benzene rings is 1. The Kier molecular flexibility index (Phi) is 5.02. The Morgan fingerprint density at radius 2 is 1.95 bits per heavy atom. The molecule has 4 nitrogen and oxygen atoms in total. The maximum atomic E-state index is 11.1. The predicted octanol–water partition coefficient (Wildman–Crippen LogP) is 4.69. The summed E-state index contributed by atoms with van der Waals surface area (Å²) in [5.41, 5.74) is 1.04. The minimum absolute atomic E-state index is 0.0561. The van der Waals surface area contributed by atoms with E-state index in [0.717, 1.165) is 18.4 Å². The number of rotatable bonds is 4. The molecule has 1 saturated carbocycles. The van der Waals surface area contributed by atoms with Crippen LogP contribution in [0.1, 0.15) is 38.7 Å². The van der Waals surface area contributed by atoms with Crippen molar-refractivity contribution in [1.29, 1.82) is 0 Å². The van der Waals surface area contributed by atoms with Gasteiger partial charge in [0.25, 0.3) is 0 Å². The summed E-state index contributed by atoms with van der Waals surface area (Å²) in [6.07, 6.45) is 3.24. The van der Waals surface area contributed by atoms with Crippen LogP contribution < -0.4 is 4.74 Å². The van der Waals surface area contributed by atoms with E-state index in [1.807, 2.05) is 0 Å². The summed E-state index contributed by atoms with van der Waals surface area (Å²) in [7, 11) is 0. The zero-order valence-electron chi connectivity index (χ0n) is 11.8. The van der Waals surface area contributed by atoms with Crippen molar-refractivity contribution in [3.63, 3.8) is 0 Å². The molecule has 0 N–H and O–H groups in total. The SMILES string of the molecule is CC1CC(C)CC(Oc2cc(CBr)ccc2[N+](=O)[O-])C1. The van der Waals surface area contributed by atoms with Gasteiger partial charge in [0.05, 0.1) is 11.0 Å². The number of nitro groups is 1. The Morgan fingerprint density at radius 3 is 2.50 bits per heavy atom. The van der Waals surface area contributed by atoms with E-state index in [1.54, 1.807) is 12.1 Å². The third-order valence-electron chi connectivity index (χ3n) is 3.80. The first-order chi connectivity index (χ1) is 9.49. The van der Waals surface area contributed by atoms with E-state index in [9.17, 15) is 10.1 Å². The molecular weight excluding hydrogens is 322 g/mol. The second-order valence-electron chi connectivity index (χ2n) is 5.85. The van der Waals surface area contributed by atoms with Crippen LogP contribution in [-0.4, -0.2) is 11.0 Å². The molecule has 1 aromatic rings. The quantitative estimate of drug-likeness (QED) is 0.453. The fourth-order valence-electron chi connectivity index (χ4n) is 3.04. The van der Waals surface area contributed by atoms with Crippen molar-refractivity contribution >= 4 is 21.6 Å². The molecule has 1 fully saturated rings. The Labute approximate surface area is 127 Å². The van der Waals surface area contributed by atoms with E-state index in [4.69, 9.17) is 4.74 Å². The van der Waals surface area contributed by atoms with E-state index in [0.29, 0.717) is 22.9 Å². The summed E-state index contributed by atoms with van der Waals surface area (Å²) in [5.74, 6) is 1.63. The van der Waals surface area contributed by atoms with Gasteiger partial charge in [0.15, 0.2) is 5.75 Å². The first-order valence-corrected chi connectivity index (χ1v) is 8.11. The molecular formula is C15H20BrNO3. The molecule has 0 bridgehead atoms. The molecule has 2 unspecified atom stereocenters. The molecule has 1 aliphatic carbocycles. The lowest BCUT2D eigenvalue weighted by atomic mass is 9.82. The Hall–Kier alpha value is -1.10. The molecule has 2 atom stereocenters. The van der Waals surface area contributed by atoms with Gasteiger partial charge in [0.2, 0.25) is 0 Å². The minimum Gasteiger partial charge on any atom is -0.483 e. The average Bonchev–Trinajstić information content (AvgIpc) is 2.37. The third kappa shape index (κ3) is 3.72. The maximum absolute atomic E-state index is 11.1. The van der Waals surface area contributed by atoms with Crippen molar-refractivity contribution in [2.75, 3.05) is 0 Å². The Bertz CT molecular complexity index is 482. The molecule has 2 rings (SSSR count). The van der Waals surface area contributed by atoms with E-state index in [1.165, 1.54) is 12.5 Å². The normalized spacial score (nSPS) is 26.2. The molecule has 0 spiro atoms. The monoisotopic (exact) mass is 341 g/mol. The fraction of sp³-hybridized carbons (Fsp3) is 0.600. The van der Waals surface area contributed by atoms with Crippen molar-refractivity contribution in [3.8, 4) is 5.75 Å². The van der Waals surface area contributed by atoms with Gasteiger partial charge in [0.1, 0.15) is 0 Å². The highest BCUT2D eigenvalue weighted by Gasteiger charge is 2.27. The van der Waals surface area contributed by atoms with Gasteiger partial charge >= 0.3 is 5.69 Å². The molecule has 0 saturated heterocycles. The predicted molar refractivity (Wildman–Crippen MR) is 82.3 cm³/mol. The number of ether oxygens (including phenoxy) is 1. The number of hydrogen-bond donors (Lipinski definition) is 0. The number of nitrogens with zero attached hydrogens (tertiary/aromatic N) is 1. The first-order valence-electron chi connectivity index (χ1n) is 6.99. The molecule has 1 aliphatic rings. The molecule has 1 aromatic carbocycles. The van der Waals surface area contributed by atoms with Crippen molar-refractivity contribution in [1.82, 2.24) is 0 Å². The van der Waals surface area contributed by atoms with Gasteiger partial charge in [-0.25, -0.2) is 0 Å². The maximum Gasteiger partial charge on any atom is 0.310 e. The summed E-state index contributed by atoms with van der Waals surface area (Å²) in [4.78, 5) is 10.7. The van der Waals surface area contributed by atoms with Crippen LogP contribution in [0.4, 0.5) is 5.69 Å². The van der Waals surface area contributed by atoms with Gasteiger partial charge in [-0.15, -0.1) is 0 Å². The van der Waals surface area contributed by atoms with Crippen molar-refractivity contribution in [2.24, 2.45) is 11.8 Å². The highest BCUT2D eigenvalue weighted by Crippen LogP contribution is 2.35. The topological polar surface area (TPSA) is 52.4 Å². The second kappa shape index (κ2) is 6.57. The summed E-state index contributed by atoms with van der Waals surface area (Å²) in [6.45, 7) is 4.44. The number of halogens is 1. The molecule has 0 aliphatic heterocycles. The molecule has 0 amide bonds. The van der Waals surface area contributed by atoms with Gasteiger partial charge in [-0.2, -0.15) is 0 Å². The van der Waals surface area contributed by atoms with E-state index < -0.39 is 0 Å². The molecule has 110 valence electrons. The zero-order valence-corrected chi connectivity index (χ0v) is 13.4. The van der Waals surface area contributed by atoms with Crippen molar-refractivity contribution in [3.05, 3.63) is 33.9 Å². The van der Waals surface area contributed by atoms with Crippen LogP contribution in [0.15, 0.2) is 18.2 Å². The largest absolute Gasteiger partial charge is 0.483 e. The van der Waals surface area contributed by atoms with E-state index in [-0.39, 0.29) is 16.7 Å². The third-order valence-corrected chi connectivity index (χ3v) is 4.45. The molecule has 5 heteroatoms. The highest BCUT2D eigenvalue weighted by atomic mass is 79.9. The van der Waals surface area contributed by atoms with Gasteiger partial charge in [0, 0.05) is 11.4 Å². The highest BCUT2D eigenvalue weighted by molar-refractivity contribution is 9.08. The van der Waals surface area contributed by atoms with Crippen LogP contribution in [0.25, 0.3) is 0 Å². The Balaban J connectivity index is 2.20. The Morgan fingerprint density at radius 1 is 1.30 bits per heavy atom. The van der Waals surface area contributed by atoms with E-state index >= 15 is 0 Å². The van der Waals surface area contributed by atoms with Crippen LogP contribution in [0.5, 0.6) is 5.75 Å². The van der Waals surface area contributed by atoms with Crippen molar-refractivity contribution in [2.45, 2.75) is 44.5 Å². The van der Waals surface area contributed by atoms with Crippen LogP contribution in [0, 0.1) is 22.0 Å². The van der Waals surface area contributed by atoms with Crippen molar-refractivity contribution < 1.29 is 9.66 Å². The fourth-order valence-corrected chi connectivity index (χ4v) is 3.38. The van der Waals surface area contributed by atoms with Gasteiger partial charge in [-0.05, 0) is 42.7 Å². The zero-order chi connectivity index (χ0) is 14.7. The summed E-state index contributed by atoms with van der Waals surface area (Å²) >= 11 is 3.37. The smallest absolute Gasteiger partial charge is 0.310 e. The van der Waals surface area contributed by atoms with Gasteiger partial charge < -0.3 is 4.74 Å². The lowest BCUT2D eigenvalue weighted by Gasteiger charge is -2.31. The number of hydrogen-bond acceptors (Lipinski definition) is 3. The summed E-state index contributed by atoms with van der Waals surface area (Å²) < 4.78 is 5.97. The molecule has 0 radical (unpaired) electrons. The van der Waals surface area contributed by atoms with Crippen LogP contribution >= 0.6 is 15.9 Å². The summed E-state index contributed by atoms with van der Waals surface area (Å²) in [5, 5.41) is 11.8. The van der Waals surface area contributed by atoms with Crippen LogP contribution in [0.3, 0.4) is 0 Å². The standard InChI is InChI=1S/C15H20BrNO3/c1-10-5-11(2)7-13(6-10)20-15-8-12(9-16)3-4-14(15)17(18)19/h3-4,8,10-11,13H,5-7,9H2,1-2H3. The number of nitro benzene ring substituents is 1. The summed E-state index contributed by atoms with van der Waals surface area (Å²) in [6, 6.07) is 5.06. The second-order valence-corrected chi connectivity index (χ2v) is 6.41. The van der Waals surface area contributed by atoms with E-state index in [2.05, 4.69) is 29.8 Å². The average molecular weight is 342 g/mol. The van der Waals surface area contributed by atoms with Gasteiger partial charge in [-0.3, -0.25) is 10.1 Å². The lowest BCUT2D eigenvalue weighted by Crippen LogP contribution is -2.28.